The second-order valence-electron chi connectivity index (χ2n) is 3.18. The maximum atomic E-state index is 11.3. The van der Waals surface area contributed by atoms with Crippen LogP contribution in [0.3, 0.4) is 0 Å². The standard InChI is InChI=1S/C9H17NO2/c1-3-7-5-10-9(11)8(7)6-12-4-2/h7-8H,3-6H2,1-2H3,(H,10,11). The van der Waals surface area contributed by atoms with Gasteiger partial charge in [0.25, 0.3) is 0 Å². The quantitative estimate of drug-likeness (QED) is 0.679. The number of amides is 1. The zero-order valence-corrected chi connectivity index (χ0v) is 7.80. The van der Waals surface area contributed by atoms with Gasteiger partial charge in [0.05, 0.1) is 12.5 Å². The van der Waals surface area contributed by atoms with Crippen molar-refractivity contribution >= 4 is 5.91 Å². The Balaban J connectivity index is 2.40. The number of nitrogens with one attached hydrogen (secondary N) is 1. The molecular formula is C9H17NO2. The van der Waals surface area contributed by atoms with E-state index < -0.39 is 0 Å². The molecule has 0 radical (unpaired) electrons. The summed E-state index contributed by atoms with van der Waals surface area (Å²) in [5.74, 6) is 0.731. The second kappa shape index (κ2) is 4.45. The van der Waals surface area contributed by atoms with Crippen molar-refractivity contribution in [2.45, 2.75) is 20.3 Å². The number of ether oxygens (including phenoxy) is 1. The second-order valence-corrected chi connectivity index (χ2v) is 3.18. The summed E-state index contributed by atoms with van der Waals surface area (Å²) >= 11 is 0. The van der Waals surface area contributed by atoms with Gasteiger partial charge < -0.3 is 10.1 Å². The fraction of sp³-hybridized carbons (Fsp3) is 0.889. The summed E-state index contributed by atoms with van der Waals surface area (Å²) in [7, 11) is 0. The molecule has 0 spiro atoms. The summed E-state index contributed by atoms with van der Waals surface area (Å²) in [4.78, 5) is 11.3. The van der Waals surface area contributed by atoms with Gasteiger partial charge >= 0.3 is 0 Å². The summed E-state index contributed by atoms with van der Waals surface area (Å²) < 4.78 is 5.26. The minimum Gasteiger partial charge on any atom is -0.381 e. The Kier molecular flexibility index (Phi) is 3.53. The smallest absolute Gasteiger partial charge is 0.225 e. The van der Waals surface area contributed by atoms with Gasteiger partial charge in [0.15, 0.2) is 0 Å². The lowest BCUT2D eigenvalue weighted by Crippen LogP contribution is -2.24. The van der Waals surface area contributed by atoms with E-state index in [1.807, 2.05) is 6.92 Å². The first-order valence-corrected chi connectivity index (χ1v) is 4.65. The molecule has 1 saturated heterocycles. The molecular weight excluding hydrogens is 154 g/mol. The SMILES string of the molecule is CCOCC1C(=O)NCC1CC. The molecule has 0 aromatic heterocycles. The predicted octanol–water partition coefficient (Wildman–Crippen LogP) is 0.795. The lowest BCUT2D eigenvalue weighted by molar-refractivity contribution is -0.124. The normalized spacial score (nSPS) is 29.0. The minimum atomic E-state index is 0.0925. The molecule has 2 unspecified atom stereocenters. The monoisotopic (exact) mass is 171 g/mol. The van der Waals surface area contributed by atoms with Gasteiger partial charge in [-0.2, -0.15) is 0 Å². The zero-order chi connectivity index (χ0) is 8.97. The van der Waals surface area contributed by atoms with Crippen LogP contribution in [-0.2, 0) is 9.53 Å². The molecule has 1 rings (SSSR count). The van der Waals surface area contributed by atoms with Crippen molar-refractivity contribution in [1.82, 2.24) is 5.32 Å². The van der Waals surface area contributed by atoms with Gasteiger partial charge in [-0.25, -0.2) is 0 Å². The van der Waals surface area contributed by atoms with Gasteiger partial charge in [-0.15, -0.1) is 0 Å². The van der Waals surface area contributed by atoms with Gasteiger partial charge in [0, 0.05) is 13.2 Å². The van der Waals surface area contributed by atoms with Crippen LogP contribution in [0.25, 0.3) is 0 Å². The summed E-state index contributed by atoms with van der Waals surface area (Å²) in [5, 5.41) is 2.86. The van der Waals surface area contributed by atoms with E-state index in [1.165, 1.54) is 0 Å². The summed E-state index contributed by atoms with van der Waals surface area (Å²) in [6.07, 6.45) is 1.05. The van der Waals surface area contributed by atoms with Crippen LogP contribution in [0.1, 0.15) is 20.3 Å². The molecule has 0 bridgehead atoms. The maximum absolute atomic E-state index is 11.3. The Morgan fingerprint density at radius 3 is 2.92 bits per heavy atom. The molecule has 3 heteroatoms. The minimum absolute atomic E-state index is 0.0925. The predicted molar refractivity (Wildman–Crippen MR) is 46.8 cm³/mol. The van der Waals surface area contributed by atoms with Crippen molar-refractivity contribution in [2.75, 3.05) is 19.8 Å². The first-order chi connectivity index (χ1) is 5.79. The van der Waals surface area contributed by atoms with Crippen molar-refractivity contribution in [1.29, 1.82) is 0 Å². The first kappa shape index (κ1) is 9.52. The van der Waals surface area contributed by atoms with Crippen LogP contribution in [0.15, 0.2) is 0 Å². The number of hydrogen-bond donors (Lipinski definition) is 1. The summed E-state index contributed by atoms with van der Waals surface area (Å²) in [6, 6.07) is 0. The Hall–Kier alpha value is -0.570. The Labute approximate surface area is 73.5 Å². The van der Waals surface area contributed by atoms with Crippen LogP contribution in [0.5, 0.6) is 0 Å². The molecule has 1 aliphatic rings. The molecule has 3 nitrogen and oxygen atoms in total. The Morgan fingerprint density at radius 2 is 2.33 bits per heavy atom. The van der Waals surface area contributed by atoms with E-state index in [0.717, 1.165) is 13.0 Å². The lowest BCUT2D eigenvalue weighted by atomic mass is 9.94. The fourth-order valence-corrected chi connectivity index (χ4v) is 1.60. The van der Waals surface area contributed by atoms with E-state index in [2.05, 4.69) is 12.2 Å². The van der Waals surface area contributed by atoms with Crippen molar-refractivity contribution in [3.8, 4) is 0 Å². The topological polar surface area (TPSA) is 38.3 Å². The average Bonchev–Trinajstić information content (AvgIpc) is 2.43. The lowest BCUT2D eigenvalue weighted by Gasteiger charge is -2.13. The zero-order valence-electron chi connectivity index (χ0n) is 7.80. The highest BCUT2D eigenvalue weighted by Crippen LogP contribution is 2.21. The number of hydrogen-bond acceptors (Lipinski definition) is 2. The van der Waals surface area contributed by atoms with Crippen molar-refractivity contribution in [3.05, 3.63) is 0 Å². The van der Waals surface area contributed by atoms with Crippen LogP contribution in [0, 0.1) is 11.8 Å². The molecule has 70 valence electrons. The van der Waals surface area contributed by atoms with E-state index in [0.29, 0.717) is 19.1 Å². The van der Waals surface area contributed by atoms with E-state index in [4.69, 9.17) is 4.74 Å². The van der Waals surface area contributed by atoms with Crippen molar-refractivity contribution in [3.63, 3.8) is 0 Å². The average molecular weight is 171 g/mol. The highest BCUT2D eigenvalue weighted by molar-refractivity contribution is 5.81. The fourth-order valence-electron chi connectivity index (χ4n) is 1.60. The molecule has 0 aromatic carbocycles. The van der Waals surface area contributed by atoms with E-state index in [-0.39, 0.29) is 11.8 Å². The van der Waals surface area contributed by atoms with Crippen molar-refractivity contribution < 1.29 is 9.53 Å². The van der Waals surface area contributed by atoms with Crippen LogP contribution >= 0.6 is 0 Å². The molecule has 0 aromatic rings. The highest BCUT2D eigenvalue weighted by atomic mass is 16.5. The van der Waals surface area contributed by atoms with Gasteiger partial charge in [-0.1, -0.05) is 13.3 Å². The van der Waals surface area contributed by atoms with Crippen molar-refractivity contribution in [2.24, 2.45) is 11.8 Å². The molecule has 0 aliphatic carbocycles. The maximum Gasteiger partial charge on any atom is 0.225 e. The van der Waals surface area contributed by atoms with E-state index in [9.17, 15) is 4.79 Å². The molecule has 1 N–H and O–H groups in total. The molecule has 0 saturated carbocycles. The van der Waals surface area contributed by atoms with E-state index in [1.54, 1.807) is 0 Å². The number of rotatable bonds is 4. The summed E-state index contributed by atoms with van der Waals surface area (Å²) in [5.41, 5.74) is 0. The molecule has 1 heterocycles. The van der Waals surface area contributed by atoms with Crippen LogP contribution in [0.4, 0.5) is 0 Å². The largest absolute Gasteiger partial charge is 0.381 e. The van der Waals surface area contributed by atoms with Crippen LogP contribution in [0.2, 0.25) is 0 Å². The highest BCUT2D eigenvalue weighted by Gasteiger charge is 2.32. The van der Waals surface area contributed by atoms with Gasteiger partial charge in [0.2, 0.25) is 5.91 Å². The summed E-state index contributed by atoms with van der Waals surface area (Å²) in [6.45, 7) is 6.17. The Bertz CT molecular complexity index is 159. The van der Waals surface area contributed by atoms with Gasteiger partial charge in [-0.3, -0.25) is 4.79 Å². The number of carbonyl (C=O) groups excluding carboxylic acids is 1. The van der Waals surface area contributed by atoms with Gasteiger partial charge in [-0.05, 0) is 12.8 Å². The Morgan fingerprint density at radius 1 is 1.58 bits per heavy atom. The number of carbonyl (C=O) groups is 1. The van der Waals surface area contributed by atoms with Crippen LogP contribution in [-0.4, -0.2) is 25.7 Å². The molecule has 1 fully saturated rings. The van der Waals surface area contributed by atoms with Crippen LogP contribution < -0.4 is 5.32 Å². The molecule has 1 amide bonds. The molecule has 1 aliphatic heterocycles. The first-order valence-electron chi connectivity index (χ1n) is 4.65. The molecule has 12 heavy (non-hydrogen) atoms. The third-order valence-electron chi connectivity index (χ3n) is 2.47. The van der Waals surface area contributed by atoms with Gasteiger partial charge in [0.1, 0.15) is 0 Å². The molecule has 2 atom stereocenters. The third-order valence-corrected chi connectivity index (χ3v) is 2.47. The third kappa shape index (κ3) is 1.97. The van der Waals surface area contributed by atoms with E-state index >= 15 is 0 Å².